The smallest absolute Gasteiger partial charge is 0.349 e. The van der Waals surface area contributed by atoms with Gasteiger partial charge in [0.05, 0.1) is 0 Å². The van der Waals surface area contributed by atoms with Gasteiger partial charge in [-0.1, -0.05) is 18.2 Å². The molecule has 1 aliphatic heterocycles. The standard InChI is InChI=1S/C16H16N2O4/c17-14(19)10-5-7-18(8-6-10)15(20)12-9-11-3-1-2-4-13(11)22-16(12)21/h1-4,9-10H,5-8H2,(H2,17,19). The molecule has 0 atom stereocenters. The summed E-state index contributed by atoms with van der Waals surface area (Å²) < 4.78 is 5.19. The number of carbonyl (C=O) groups excluding carboxylic acids is 2. The number of hydrogen-bond donors (Lipinski definition) is 1. The van der Waals surface area contributed by atoms with E-state index in [1.807, 2.05) is 6.07 Å². The highest BCUT2D eigenvalue weighted by Crippen LogP contribution is 2.19. The summed E-state index contributed by atoms with van der Waals surface area (Å²) in [7, 11) is 0. The first-order chi connectivity index (χ1) is 10.6. The number of primary amides is 1. The maximum absolute atomic E-state index is 12.5. The molecule has 1 aliphatic rings. The van der Waals surface area contributed by atoms with E-state index in [4.69, 9.17) is 10.2 Å². The van der Waals surface area contributed by atoms with Crippen LogP contribution in [0.4, 0.5) is 0 Å². The number of carbonyl (C=O) groups is 2. The number of nitrogens with zero attached hydrogens (tertiary/aromatic N) is 1. The summed E-state index contributed by atoms with van der Waals surface area (Å²) in [6.07, 6.45) is 1.06. The molecule has 1 aromatic carbocycles. The van der Waals surface area contributed by atoms with Gasteiger partial charge in [0.2, 0.25) is 5.91 Å². The Hall–Kier alpha value is -2.63. The van der Waals surface area contributed by atoms with E-state index in [1.165, 1.54) is 0 Å². The third kappa shape index (κ3) is 2.59. The summed E-state index contributed by atoms with van der Waals surface area (Å²) in [6, 6.07) is 8.61. The van der Waals surface area contributed by atoms with Gasteiger partial charge in [0.1, 0.15) is 11.1 Å². The van der Waals surface area contributed by atoms with Crippen molar-refractivity contribution in [2.24, 2.45) is 11.7 Å². The molecule has 6 heteroatoms. The highest BCUT2D eigenvalue weighted by atomic mass is 16.4. The molecule has 0 radical (unpaired) electrons. The van der Waals surface area contributed by atoms with Gasteiger partial charge >= 0.3 is 5.63 Å². The van der Waals surface area contributed by atoms with Crippen LogP contribution in [-0.2, 0) is 4.79 Å². The summed E-state index contributed by atoms with van der Waals surface area (Å²) in [5.41, 5.74) is 5.12. The molecule has 2 amide bonds. The Morgan fingerprint density at radius 1 is 1.18 bits per heavy atom. The maximum atomic E-state index is 12.5. The quantitative estimate of drug-likeness (QED) is 0.841. The Kier molecular flexibility index (Phi) is 3.66. The first kappa shape index (κ1) is 14.3. The van der Waals surface area contributed by atoms with Crippen molar-refractivity contribution in [3.63, 3.8) is 0 Å². The number of piperidine rings is 1. The van der Waals surface area contributed by atoms with Crippen LogP contribution in [0.1, 0.15) is 23.2 Å². The molecular formula is C16H16N2O4. The lowest BCUT2D eigenvalue weighted by Gasteiger charge is -2.30. The highest BCUT2D eigenvalue weighted by Gasteiger charge is 2.28. The molecule has 0 aliphatic carbocycles. The second-order valence-electron chi connectivity index (χ2n) is 5.45. The molecule has 1 saturated heterocycles. The number of rotatable bonds is 2. The largest absolute Gasteiger partial charge is 0.422 e. The van der Waals surface area contributed by atoms with E-state index < -0.39 is 5.63 Å². The first-order valence-corrected chi connectivity index (χ1v) is 7.18. The van der Waals surface area contributed by atoms with Crippen molar-refractivity contribution < 1.29 is 14.0 Å². The van der Waals surface area contributed by atoms with Crippen molar-refractivity contribution in [2.75, 3.05) is 13.1 Å². The Morgan fingerprint density at radius 3 is 2.55 bits per heavy atom. The van der Waals surface area contributed by atoms with Crippen LogP contribution in [0.15, 0.2) is 39.5 Å². The third-order valence-corrected chi connectivity index (χ3v) is 4.06. The molecule has 0 bridgehead atoms. The molecule has 0 spiro atoms. The van der Waals surface area contributed by atoms with Gasteiger partial charge in [-0.05, 0) is 25.0 Å². The van der Waals surface area contributed by atoms with Crippen molar-refractivity contribution in [3.8, 4) is 0 Å². The lowest BCUT2D eigenvalue weighted by Crippen LogP contribution is -2.42. The number of benzene rings is 1. The van der Waals surface area contributed by atoms with Gasteiger partial charge in [-0.25, -0.2) is 4.79 Å². The fraction of sp³-hybridized carbons (Fsp3) is 0.312. The van der Waals surface area contributed by atoms with Crippen LogP contribution >= 0.6 is 0 Å². The molecule has 0 saturated carbocycles. The summed E-state index contributed by atoms with van der Waals surface area (Å²) in [5, 5.41) is 0.706. The van der Waals surface area contributed by atoms with E-state index in [2.05, 4.69) is 0 Å². The normalized spacial score (nSPS) is 15.9. The molecule has 114 valence electrons. The fourth-order valence-corrected chi connectivity index (χ4v) is 2.75. The number of hydrogen-bond acceptors (Lipinski definition) is 4. The highest BCUT2D eigenvalue weighted by molar-refractivity contribution is 5.96. The summed E-state index contributed by atoms with van der Waals surface area (Å²) in [5.74, 6) is -0.892. The van der Waals surface area contributed by atoms with Crippen molar-refractivity contribution in [1.29, 1.82) is 0 Å². The molecule has 6 nitrogen and oxygen atoms in total. The van der Waals surface area contributed by atoms with E-state index in [1.54, 1.807) is 29.2 Å². The van der Waals surface area contributed by atoms with Gasteiger partial charge in [0, 0.05) is 24.4 Å². The summed E-state index contributed by atoms with van der Waals surface area (Å²) in [4.78, 5) is 37.2. The van der Waals surface area contributed by atoms with Crippen LogP contribution in [0.2, 0.25) is 0 Å². The average molecular weight is 300 g/mol. The average Bonchev–Trinajstić information content (AvgIpc) is 2.53. The van der Waals surface area contributed by atoms with Crippen LogP contribution in [0.25, 0.3) is 11.0 Å². The number of likely N-dealkylation sites (tertiary alicyclic amines) is 1. The minimum Gasteiger partial charge on any atom is -0.422 e. The van der Waals surface area contributed by atoms with Crippen molar-refractivity contribution in [3.05, 3.63) is 46.3 Å². The van der Waals surface area contributed by atoms with E-state index in [0.29, 0.717) is 36.9 Å². The topological polar surface area (TPSA) is 93.6 Å². The molecule has 0 unspecified atom stereocenters. The zero-order valence-corrected chi connectivity index (χ0v) is 12.0. The number of para-hydroxylation sites is 1. The predicted octanol–water partition coefficient (Wildman–Crippen LogP) is 1.13. The van der Waals surface area contributed by atoms with Crippen LogP contribution < -0.4 is 11.4 Å². The summed E-state index contributed by atoms with van der Waals surface area (Å²) in [6.45, 7) is 0.831. The lowest BCUT2D eigenvalue weighted by molar-refractivity contribution is -0.123. The zero-order chi connectivity index (χ0) is 15.7. The van der Waals surface area contributed by atoms with Crippen molar-refractivity contribution in [1.82, 2.24) is 4.90 Å². The fourth-order valence-electron chi connectivity index (χ4n) is 2.75. The SMILES string of the molecule is NC(=O)C1CCN(C(=O)c2cc3ccccc3oc2=O)CC1. The third-order valence-electron chi connectivity index (χ3n) is 4.06. The molecular weight excluding hydrogens is 284 g/mol. The van der Waals surface area contributed by atoms with Gasteiger partial charge < -0.3 is 15.1 Å². The molecule has 1 aromatic heterocycles. The van der Waals surface area contributed by atoms with E-state index in [-0.39, 0.29) is 23.3 Å². The van der Waals surface area contributed by atoms with Crippen molar-refractivity contribution >= 4 is 22.8 Å². The predicted molar refractivity (Wildman–Crippen MR) is 80.3 cm³/mol. The van der Waals surface area contributed by atoms with E-state index in [9.17, 15) is 14.4 Å². The molecule has 3 rings (SSSR count). The van der Waals surface area contributed by atoms with Crippen LogP contribution in [0, 0.1) is 5.92 Å². The van der Waals surface area contributed by atoms with E-state index in [0.717, 1.165) is 0 Å². The Labute approximate surface area is 126 Å². The minimum absolute atomic E-state index is 0.0243. The van der Waals surface area contributed by atoms with Crippen LogP contribution in [0.5, 0.6) is 0 Å². The Bertz CT molecular complexity index is 788. The number of fused-ring (bicyclic) bond motifs is 1. The summed E-state index contributed by atoms with van der Waals surface area (Å²) >= 11 is 0. The second kappa shape index (κ2) is 5.63. The maximum Gasteiger partial charge on any atom is 0.349 e. The first-order valence-electron chi connectivity index (χ1n) is 7.18. The molecule has 1 fully saturated rings. The zero-order valence-electron chi connectivity index (χ0n) is 12.0. The molecule has 2 aromatic rings. The lowest BCUT2D eigenvalue weighted by atomic mass is 9.96. The van der Waals surface area contributed by atoms with Crippen molar-refractivity contribution in [2.45, 2.75) is 12.8 Å². The van der Waals surface area contributed by atoms with Gasteiger partial charge in [0.25, 0.3) is 5.91 Å². The number of amides is 2. The number of nitrogens with two attached hydrogens (primary N) is 1. The monoisotopic (exact) mass is 300 g/mol. The van der Waals surface area contributed by atoms with Crippen LogP contribution in [-0.4, -0.2) is 29.8 Å². The molecule has 2 heterocycles. The second-order valence-corrected chi connectivity index (χ2v) is 5.45. The Morgan fingerprint density at radius 2 is 1.86 bits per heavy atom. The van der Waals surface area contributed by atoms with Gasteiger partial charge in [-0.2, -0.15) is 0 Å². The van der Waals surface area contributed by atoms with Gasteiger partial charge in [-0.3, -0.25) is 9.59 Å². The Balaban J connectivity index is 1.85. The minimum atomic E-state index is -0.638. The molecule has 22 heavy (non-hydrogen) atoms. The van der Waals surface area contributed by atoms with Crippen LogP contribution in [0.3, 0.4) is 0 Å². The van der Waals surface area contributed by atoms with E-state index >= 15 is 0 Å². The van der Waals surface area contributed by atoms with Gasteiger partial charge in [-0.15, -0.1) is 0 Å². The van der Waals surface area contributed by atoms with Gasteiger partial charge in [0.15, 0.2) is 0 Å². The molecule has 2 N–H and O–H groups in total.